The molecule has 0 saturated heterocycles. The summed E-state index contributed by atoms with van der Waals surface area (Å²) >= 11 is 0. The molecule has 0 amide bonds. The van der Waals surface area contributed by atoms with E-state index in [1.54, 1.807) is 11.1 Å². The molecule has 0 heterocycles. The number of nitrogens with one attached hydrogen (secondary N) is 1. The average molecular weight is 199 g/mol. The van der Waals surface area contributed by atoms with E-state index in [0.717, 1.165) is 0 Å². The predicted octanol–water partition coefficient (Wildman–Crippen LogP) is 2.63. The molecule has 1 N–H and O–H groups in total. The zero-order valence-electron chi connectivity index (χ0n) is 9.16. The van der Waals surface area contributed by atoms with Gasteiger partial charge in [0.05, 0.1) is 0 Å². The smallest absolute Gasteiger partial charge is 0.0325 e. The highest BCUT2D eigenvalue weighted by molar-refractivity contribution is 5.42. The van der Waals surface area contributed by atoms with Gasteiger partial charge < -0.3 is 5.32 Å². The van der Waals surface area contributed by atoms with Gasteiger partial charge in [0.25, 0.3) is 0 Å². The minimum absolute atomic E-state index is 0.304. The third-order valence-corrected chi connectivity index (χ3v) is 4.12. The van der Waals surface area contributed by atoms with Gasteiger partial charge in [0.1, 0.15) is 0 Å². The van der Waals surface area contributed by atoms with Crippen LogP contribution in [0.5, 0.6) is 0 Å². The number of allylic oxidation sites excluding steroid dienone is 1. The van der Waals surface area contributed by atoms with Crippen LogP contribution in [0.15, 0.2) is 36.4 Å². The van der Waals surface area contributed by atoms with E-state index in [0.29, 0.717) is 11.5 Å². The molecule has 0 aromatic heterocycles. The summed E-state index contributed by atoms with van der Waals surface area (Å²) < 4.78 is 0. The molecular weight excluding hydrogens is 182 g/mol. The Bertz CT molecular complexity index is 408. The van der Waals surface area contributed by atoms with E-state index in [-0.39, 0.29) is 0 Å². The normalized spacial score (nSPS) is 32.5. The number of hydrogen-bond acceptors (Lipinski definition) is 1. The fourth-order valence-electron chi connectivity index (χ4n) is 3.25. The molecule has 2 atom stereocenters. The third-order valence-electron chi connectivity index (χ3n) is 4.12. The van der Waals surface area contributed by atoms with Crippen molar-refractivity contribution in [2.24, 2.45) is 0 Å². The van der Waals surface area contributed by atoms with Gasteiger partial charge in [-0.05, 0) is 37.4 Å². The summed E-state index contributed by atoms with van der Waals surface area (Å²) in [6, 6.07) is 8.92. The van der Waals surface area contributed by atoms with E-state index in [4.69, 9.17) is 0 Å². The fourth-order valence-corrected chi connectivity index (χ4v) is 3.25. The fraction of sp³-hybridized carbons (Fsp3) is 0.429. The molecular formula is C14H17N. The topological polar surface area (TPSA) is 12.0 Å². The lowest BCUT2D eigenvalue weighted by Gasteiger charge is -2.37. The lowest BCUT2D eigenvalue weighted by atomic mass is 9.76. The van der Waals surface area contributed by atoms with Crippen LogP contribution in [0.2, 0.25) is 0 Å². The van der Waals surface area contributed by atoms with Crippen molar-refractivity contribution in [2.45, 2.75) is 30.7 Å². The van der Waals surface area contributed by atoms with Gasteiger partial charge in [0.2, 0.25) is 0 Å². The molecule has 0 spiro atoms. The molecule has 0 aliphatic heterocycles. The molecule has 0 fully saturated rings. The molecule has 3 rings (SSSR count). The summed E-state index contributed by atoms with van der Waals surface area (Å²) in [4.78, 5) is 0. The summed E-state index contributed by atoms with van der Waals surface area (Å²) in [6.07, 6.45) is 8.22. The van der Waals surface area contributed by atoms with Crippen LogP contribution < -0.4 is 5.32 Å². The number of benzene rings is 1. The van der Waals surface area contributed by atoms with Crippen molar-refractivity contribution >= 4 is 0 Å². The van der Waals surface area contributed by atoms with Crippen LogP contribution in [0.3, 0.4) is 0 Å². The van der Waals surface area contributed by atoms with Gasteiger partial charge in [0.15, 0.2) is 0 Å². The minimum atomic E-state index is 0.304. The molecule has 15 heavy (non-hydrogen) atoms. The molecule has 0 bridgehead atoms. The summed E-state index contributed by atoms with van der Waals surface area (Å²) in [5.41, 5.74) is 3.41. The highest BCUT2D eigenvalue weighted by Crippen LogP contribution is 2.46. The second kappa shape index (κ2) is 3.21. The first-order chi connectivity index (χ1) is 7.36. The molecule has 1 aromatic rings. The van der Waals surface area contributed by atoms with E-state index >= 15 is 0 Å². The van der Waals surface area contributed by atoms with E-state index in [1.165, 1.54) is 19.3 Å². The number of hydrogen-bond donors (Lipinski definition) is 1. The highest BCUT2D eigenvalue weighted by atomic mass is 15.0. The lowest BCUT2D eigenvalue weighted by Crippen LogP contribution is -2.47. The van der Waals surface area contributed by atoms with Crippen molar-refractivity contribution in [3.63, 3.8) is 0 Å². The molecule has 0 unspecified atom stereocenters. The molecule has 78 valence electrons. The predicted molar refractivity (Wildman–Crippen MR) is 63.1 cm³/mol. The largest absolute Gasteiger partial charge is 0.313 e. The third kappa shape index (κ3) is 1.19. The van der Waals surface area contributed by atoms with Crippen molar-refractivity contribution < 1.29 is 0 Å². The molecule has 0 radical (unpaired) electrons. The van der Waals surface area contributed by atoms with Gasteiger partial charge in [0, 0.05) is 11.5 Å². The molecule has 0 saturated carbocycles. The lowest BCUT2D eigenvalue weighted by molar-refractivity contribution is 0.298. The van der Waals surface area contributed by atoms with E-state index in [1.807, 2.05) is 0 Å². The van der Waals surface area contributed by atoms with Crippen LogP contribution in [-0.2, 0) is 6.42 Å². The van der Waals surface area contributed by atoms with Crippen LogP contribution in [0.1, 0.15) is 29.9 Å². The van der Waals surface area contributed by atoms with Crippen LogP contribution in [0.4, 0.5) is 0 Å². The first-order valence-corrected chi connectivity index (χ1v) is 5.77. The Kier molecular flexibility index (Phi) is 1.96. The Hall–Kier alpha value is -1.08. The molecule has 1 aromatic carbocycles. The second-order valence-corrected chi connectivity index (χ2v) is 4.75. The average Bonchev–Trinajstić information content (AvgIpc) is 2.64. The van der Waals surface area contributed by atoms with E-state index in [9.17, 15) is 0 Å². The molecule has 1 heteroatoms. The Morgan fingerprint density at radius 3 is 3.00 bits per heavy atom. The number of fused-ring (bicyclic) bond motifs is 3. The van der Waals surface area contributed by atoms with Gasteiger partial charge >= 0.3 is 0 Å². The first-order valence-electron chi connectivity index (χ1n) is 5.77. The Labute approximate surface area is 91.2 Å². The first kappa shape index (κ1) is 9.17. The van der Waals surface area contributed by atoms with Gasteiger partial charge in [-0.1, -0.05) is 36.4 Å². The van der Waals surface area contributed by atoms with Crippen molar-refractivity contribution in [1.82, 2.24) is 5.32 Å². The maximum absolute atomic E-state index is 3.58. The molecule has 1 nitrogen and oxygen atoms in total. The maximum atomic E-state index is 3.58. The van der Waals surface area contributed by atoms with Crippen molar-refractivity contribution in [3.8, 4) is 0 Å². The van der Waals surface area contributed by atoms with Crippen molar-refractivity contribution in [1.29, 1.82) is 0 Å². The van der Waals surface area contributed by atoms with Gasteiger partial charge in [-0.3, -0.25) is 0 Å². The minimum Gasteiger partial charge on any atom is -0.313 e. The monoisotopic (exact) mass is 199 g/mol. The molecule has 2 aliphatic carbocycles. The van der Waals surface area contributed by atoms with E-state index < -0.39 is 0 Å². The van der Waals surface area contributed by atoms with Crippen molar-refractivity contribution in [2.75, 3.05) is 7.05 Å². The van der Waals surface area contributed by atoms with Crippen LogP contribution in [0.25, 0.3) is 0 Å². The summed E-state index contributed by atoms with van der Waals surface area (Å²) in [6.45, 7) is 0. The second-order valence-electron chi connectivity index (χ2n) is 4.75. The van der Waals surface area contributed by atoms with E-state index in [2.05, 4.69) is 48.8 Å². The number of rotatable bonds is 1. The zero-order chi connectivity index (χ0) is 10.3. The Morgan fingerprint density at radius 2 is 2.13 bits per heavy atom. The SMILES string of the molecule is CN[C@]12CC=CC[C@H]1c1ccccc1C2. The summed E-state index contributed by atoms with van der Waals surface area (Å²) in [7, 11) is 2.11. The van der Waals surface area contributed by atoms with Crippen LogP contribution >= 0.6 is 0 Å². The maximum Gasteiger partial charge on any atom is 0.0325 e. The quantitative estimate of drug-likeness (QED) is 0.686. The Balaban J connectivity index is 2.10. The number of likely N-dealkylation sites (N-methyl/N-ethyl adjacent to an activating group) is 1. The van der Waals surface area contributed by atoms with Crippen LogP contribution in [-0.4, -0.2) is 12.6 Å². The van der Waals surface area contributed by atoms with Crippen LogP contribution in [0, 0.1) is 0 Å². The zero-order valence-corrected chi connectivity index (χ0v) is 9.16. The molecule has 2 aliphatic rings. The summed E-state index contributed by atoms with van der Waals surface area (Å²) in [5, 5.41) is 3.58. The standard InChI is InChI=1S/C14H17N/c1-15-14-9-5-4-8-13(14)12-7-3-2-6-11(12)10-14/h2-7,13,15H,8-10H2,1H3/t13-,14-/m0/s1. The highest BCUT2D eigenvalue weighted by Gasteiger charge is 2.44. The Morgan fingerprint density at radius 1 is 1.27 bits per heavy atom. The summed E-state index contributed by atoms with van der Waals surface area (Å²) in [5.74, 6) is 0.684. The van der Waals surface area contributed by atoms with Crippen molar-refractivity contribution in [3.05, 3.63) is 47.5 Å². The van der Waals surface area contributed by atoms with Gasteiger partial charge in [-0.2, -0.15) is 0 Å². The van der Waals surface area contributed by atoms with Gasteiger partial charge in [-0.15, -0.1) is 0 Å². The van der Waals surface area contributed by atoms with Gasteiger partial charge in [-0.25, -0.2) is 0 Å².